The van der Waals surface area contributed by atoms with Gasteiger partial charge in [0.2, 0.25) is 0 Å². The predicted molar refractivity (Wildman–Crippen MR) is 205 cm³/mol. The summed E-state index contributed by atoms with van der Waals surface area (Å²) in [6.07, 6.45) is 6.37. The molecule has 282 valence electrons. The van der Waals surface area contributed by atoms with E-state index in [1.165, 1.54) is 14.2 Å². The first-order valence-corrected chi connectivity index (χ1v) is 17.9. The van der Waals surface area contributed by atoms with Gasteiger partial charge in [0.25, 0.3) is 0 Å². The Morgan fingerprint density at radius 1 is 0.760 bits per heavy atom. The number of methoxy groups -OCH3 is 2. The summed E-state index contributed by atoms with van der Waals surface area (Å²) in [7, 11) is 3.07. The average Bonchev–Trinajstić information content (AvgIpc) is 3.04. The van der Waals surface area contributed by atoms with Crippen LogP contribution in [0, 0.1) is 16.7 Å². The van der Waals surface area contributed by atoms with E-state index in [4.69, 9.17) is 28.7 Å². The summed E-state index contributed by atoms with van der Waals surface area (Å²) in [5.74, 6) is 1.21. The number of ether oxygens (including phenoxy) is 5. The van der Waals surface area contributed by atoms with Crippen LogP contribution in [-0.2, 0) is 14.2 Å². The molecule has 2 N–H and O–H groups in total. The molecule has 0 aliphatic heterocycles. The van der Waals surface area contributed by atoms with Crippen molar-refractivity contribution in [2.24, 2.45) is 26.7 Å². The highest BCUT2D eigenvalue weighted by molar-refractivity contribution is 5.81. The van der Waals surface area contributed by atoms with Gasteiger partial charge in [-0.1, -0.05) is 34.6 Å². The van der Waals surface area contributed by atoms with Crippen LogP contribution in [0.4, 0.5) is 0 Å². The lowest BCUT2D eigenvalue weighted by molar-refractivity contribution is -0.102. The van der Waals surface area contributed by atoms with Crippen molar-refractivity contribution in [2.75, 3.05) is 40.6 Å². The maximum atomic E-state index is 9.92. The fourth-order valence-electron chi connectivity index (χ4n) is 6.12. The number of phenolic OH excluding ortho intramolecular Hbond substituents is 2. The quantitative estimate of drug-likeness (QED) is 0.125. The normalized spacial score (nSPS) is 16.0. The highest BCUT2D eigenvalue weighted by Gasteiger charge is 2.40. The van der Waals surface area contributed by atoms with E-state index in [1.54, 1.807) is 36.5 Å². The van der Waals surface area contributed by atoms with E-state index in [0.717, 1.165) is 30.4 Å². The smallest absolute Gasteiger partial charge is 0.161 e. The van der Waals surface area contributed by atoms with Crippen molar-refractivity contribution in [1.82, 2.24) is 0 Å². The van der Waals surface area contributed by atoms with Gasteiger partial charge in [-0.05, 0) is 119 Å². The van der Waals surface area contributed by atoms with Crippen molar-refractivity contribution in [3.05, 3.63) is 47.5 Å². The third-order valence-corrected chi connectivity index (χ3v) is 9.20. The zero-order valence-electron chi connectivity index (χ0n) is 33.1. The Bertz CT molecular complexity index is 1380. The molecule has 9 nitrogen and oxygen atoms in total. The molecular formula is C41H66N2O7. The molecular weight excluding hydrogens is 632 g/mol. The minimum atomic E-state index is -0.375. The topological polar surface area (TPSA) is 111 Å². The minimum Gasteiger partial charge on any atom is -0.504 e. The molecule has 0 aromatic heterocycles. The highest BCUT2D eigenvalue weighted by Crippen LogP contribution is 2.44. The SMILES string of the molecule is CCC(COCC(C)OCC(C)N=Cc1ccc(O)c(OC)c1)(CC(C)(C)C)CC(C)(C)OCC(C)C(C)(C)N=Cc1ccc(O)c(OC)c1. The first-order chi connectivity index (χ1) is 23.2. The third-order valence-electron chi connectivity index (χ3n) is 9.20. The lowest BCUT2D eigenvalue weighted by Crippen LogP contribution is -2.42. The van der Waals surface area contributed by atoms with Gasteiger partial charge in [-0.15, -0.1) is 0 Å². The van der Waals surface area contributed by atoms with Crippen molar-refractivity contribution in [3.8, 4) is 23.0 Å². The number of aromatic hydroxyl groups is 2. The summed E-state index contributed by atoms with van der Waals surface area (Å²) in [6.45, 7) is 26.1. The van der Waals surface area contributed by atoms with E-state index >= 15 is 0 Å². The number of hydrogen-bond donors (Lipinski definition) is 2. The molecule has 0 radical (unpaired) electrons. The first kappa shape index (κ1) is 43.0. The second-order valence-electron chi connectivity index (χ2n) is 16.3. The molecule has 0 saturated heterocycles. The summed E-state index contributed by atoms with van der Waals surface area (Å²) in [5, 5.41) is 19.7. The van der Waals surface area contributed by atoms with Crippen LogP contribution in [0.5, 0.6) is 23.0 Å². The van der Waals surface area contributed by atoms with Crippen LogP contribution < -0.4 is 9.47 Å². The van der Waals surface area contributed by atoms with Gasteiger partial charge in [-0.3, -0.25) is 9.98 Å². The summed E-state index contributed by atoms with van der Waals surface area (Å²) in [6, 6.07) is 10.3. The molecule has 0 aliphatic rings. The monoisotopic (exact) mass is 698 g/mol. The van der Waals surface area contributed by atoms with Crippen LogP contribution >= 0.6 is 0 Å². The third kappa shape index (κ3) is 14.6. The van der Waals surface area contributed by atoms with Crippen molar-refractivity contribution >= 4 is 12.4 Å². The van der Waals surface area contributed by atoms with Crippen molar-refractivity contribution < 1.29 is 33.9 Å². The molecule has 50 heavy (non-hydrogen) atoms. The van der Waals surface area contributed by atoms with Gasteiger partial charge in [0.1, 0.15) is 0 Å². The van der Waals surface area contributed by atoms with E-state index in [9.17, 15) is 10.2 Å². The molecule has 0 saturated carbocycles. The molecule has 0 heterocycles. The second-order valence-corrected chi connectivity index (χ2v) is 16.3. The predicted octanol–water partition coefficient (Wildman–Crippen LogP) is 8.90. The van der Waals surface area contributed by atoms with Crippen molar-refractivity contribution in [2.45, 2.75) is 119 Å². The molecule has 0 bridgehead atoms. The molecule has 0 fully saturated rings. The Balaban J connectivity index is 1.97. The Morgan fingerprint density at radius 2 is 1.32 bits per heavy atom. The molecule has 4 atom stereocenters. The van der Waals surface area contributed by atoms with E-state index in [2.05, 4.69) is 67.3 Å². The Morgan fingerprint density at radius 3 is 1.84 bits per heavy atom. The number of rotatable bonds is 21. The molecule has 2 aromatic carbocycles. The van der Waals surface area contributed by atoms with Gasteiger partial charge >= 0.3 is 0 Å². The fourth-order valence-corrected chi connectivity index (χ4v) is 6.12. The maximum absolute atomic E-state index is 9.92. The number of hydrogen-bond acceptors (Lipinski definition) is 9. The zero-order chi connectivity index (χ0) is 37.8. The van der Waals surface area contributed by atoms with Crippen LogP contribution in [0.3, 0.4) is 0 Å². The van der Waals surface area contributed by atoms with Crippen LogP contribution in [-0.4, -0.2) is 86.6 Å². The molecule has 2 aromatic rings. The molecule has 0 aliphatic carbocycles. The highest BCUT2D eigenvalue weighted by atomic mass is 16.5. The summed E-state index contributed by atoms with van der Waals surface area (Å²) in [5.41, 5.74) is 1.02. The molecule has 0 amide bonds. The lowest BCUT2D eigenvalue weighted by Gasteiger charge is -2.43. The van der Waals surface area contributed by atoms with Crippen LogP contribution in [0.25, 0.3) is 0 Å². The summed E-state index contributed by atoms with van der Waals surface area (Å²) < 4.78 is 29.6. The fraction of sp³-hybridized carbons (Fsp3) is 0.659. The maximum Gasteiger partial charge on any atom is 0.161 e. The first-order valence-electron chi connectivity index (χ1n) is 17.9. The molecule has 2 rings (SSSR count). The standard InChI is InChI=1S/C41H66N2O7/c1-14-41(26-38(5,6)7,28-48-25-31(4)49-24-30(3)42-21-32-15-17-34(44)36(19-32)46-12)27-39(8,9)50-23-29(2)40(10,11)43-22-33-16-18-35(45)37(20-33)47-13/h15-22,29-31,44-45H,14,23-28H2,1-13H3. The van der Waals surface area contributed by atoms with E-state index in [0.29, 0.717) is 37.9 Å². The summed E-state index contributed by atoms with van der Waals surface area (Å²) in [4.78, 5) is 9.49. The molecule has 0 spiro atoms. The average molecular weight is 699 g/mol. The Labute approximate surface area is 302 Å². The number of aliphatic imine (C=N–C) groups is 2. The second kappa shape index (κ2) is 18.9. The van der Waals surface area contributed by atoms with Gasteiger partial charge in [-0.2, -0.15) is 0 Å². The van der Waals surface area contributed by atoms with Crippen molar-refractivity contribution in [3.63, 3.8) is 0 Å². The van der Waals surface area contributed by atoms with E-state index in [-0.39, 0.29) is 51.5 Å². The van der Waals surface area contributed by atoms with Gasteiger partial charge in [0.15, 0.2) is 23.0 Å². The van der Waals surface area contributed by atoms with E-state index < -0.39 is 0 Å². The Kier molecular flexibility index (Phi) is 16.3. The van der Waals surface area contributed by atoms with Crippen molar-refractivity contribution in [1.29, 1.82) is 0 Å². The number of benzene rings is 2. The van der Waals surface area contributed by atoms with Gasteiger partial charge in [0.05, 0.1) is 63.9 Å². The van der Waals surface area contributed by atoms with Crippen LogP contribution in [0.1, 0.15) is 107 Å². The summed E-state index contributed by atoms with van der Waals surface area (Å²) >= 11 is 0. The van der Waals surface area contributed by atoms with Crippen LogP contribution in [0.15, 0.2) is 46.4 Å². The van der Waals surface area contributed by atoms with Gasteiger partial charge < -0.3 is 33.9 Å². The van der Waals surface area contributed by atoms with Crippen LogP contribution in [0.2, 0.25) is 0 Å². The number of phenols is 2. The van der Waals surface area contributed by atoms with Gasteiger partial charge in [-0.25, -0.2) is 0 Å². The zero-order valence-corrected chi connectivity index (χ0v) is 33.1. The largest absolute Gasteiger partial charge is 0.504 e. The Hall–Kier alpha value is -3.14. The molecule has 9 heteroatoms. The van der Waals surface area contributed by atoms with Gasteiger partial charge in [0, 0.05) is 18.3 Å². The number of nitrogens with zero attached hydrogens (tertiary/aromatic N) is 2. The molecule has 4 unspecified atom stereocenters. The lowest BCUT2D eigenvalue weighted by atomic mass is 9.67. The minimum absolute atomic E-state index is 0.0415. The van der Waals surface area contributed by atoms with E-state index in [1.807, 2.05) is 26.1 Å².